The van der Waals surface area contributed by atoms with E-state index in [1.54, 1.807) is 18.3 Å². The van der Waals surface area contributed by atoms with E-state index in [-0.39, 0.29) is 5.97 Å². The van der Waals surface area contributed by atoms with Crippen molar-refractivity contribution >= 4 is 29.3 Å². The van der Waals surface area contributed by atoms with Crippen LogP contribution in [-0.2, 0) is 4.74 Å². The fraction of sp³-hybridized carbons (Fsp3) is 0.0769. The molecule has 5 heteroatoms. The zero-order valence-corrected chi connectivity index (χ0v) is 11.2. The molecule has 0 spiro atoms. The number of nitrogens with zero attached hydrogens (tertiary/aromatic N) is 1. The summed E-state index contributed by atoms with van der Waals surface area (Å²) in [5.74, 6) is -0.370. The lowest BCUT2D eigenvalue weighted by Gasteiger charge is -2.03. The molecule has 1 aromatic carbocycles. The summed E-state index contributed by atoms with van der Waals surface area (Å²) in [4.78, 5) is 16.6. The van der Waals surface area contributed by atoms with Crippen molar-refractivity contribution < 1.29 is 9.53 Å². The van der Waals surface area contributed by atoms with Crippen LogP contribution in [-0.4, -0.2) is 18.1 Å². The summed E-state index contributed by atoms with van der Waals surface area (Å²) in [6.07, 6.45) is 1.58. The Morgan fingerprint density at radius 3 is 2.89 bits per heavy atom. The summed E-state index contributed by atoms with van der Waals surface area (Å²) in [7, 11) is 1.35. The standard InChI is InChI=1S/C13H10ClNO2S/c1-17-13(16)9-5-6-15-12(7-9)18-11-4-2-3-10(14)8-11/h2-8H,1H3. The lowest BCUT2D eigenvalue weighted by atomic mass is 10.3. The maximum atomic E-state index is 11.4. The monoisotopic (exact) mass is 279 g/mol. The van der Waals surface area contributed by atoms with Gasteiger partial charge in [-0.05, 0) is 30.3 Å². The average Bonchev–Trinajstić information content (AvgIpc) is 2.38. The lowest BCUT2D eigenvalue weighted by molar-refractivity contribution is 0.0600. The van der Waals surface area contributed by atoms with E-state index < -0.39 is 0 Å². The highest BCUT2D eigenvalue weighted by molar-refractivity contribution is 7.99. The van der Waals surface area contributed by atoms with Crippen LogP contribution in [0.15, 0.2) is 52.5 Å². The number of hydrogen-bond donors (Lipinski definition) is 0. The van der Waals surface area contributed by atoms with E-state index in [9.17, 15) is 4.79 Å². The molecule has 0 fully saturated rings. The highest BCUT2D eigenvalue weighted by atomic mass is 35.5. The Kier molecular flexibility index (Phi) is 4.23. The van der Waals surface area contributed by atoms with Gasteiger partial charge < -0.3 is 4.74 Å². The van der Waals surface area contributed by atoms with Crippen LogP contribution in [0.2, 0.25) is 5.02 Å². The SMILES string of the molecule is COC(=O)c1ccnc(Sc2cccc(Cl)c2)c1. The fourth-order valence-electron chi connectivity index (χ4n) is 1.36. The highest BCUT2D eigenvalue weighted by Gasteiger charge is 2.07. The van der Waals surface area contributed by atoms with Gasteiger partial charge in [-0.15, -0.1) is 0 Å². The van der Waals surface area contributed by atoms with Crippen molar-refractivity contribution in [3.63, 3.8) is 0 Å². The summed E-state index contributed by atoms with van der Waals surface area (Å²) in [5.41, 5.74) is 0.483. The second-order valence-corrected chi connectivity index (χ2v) is 4.96. The molecule has 1 aromatic heterocycles. The molecule has 18 heavy (non-hydrogen) atoms. The number of rotatable bonds is 3. The Bertz CT molecular complexity index is 574. The van der Waals surface area contributed by atoms with Crippen LogP contribution in [0.4, 0.5) is 0 Å². The second-order valence-electron chi connectivity index (χ2n) is 3.43. The number of ether oxygens (including phenoxy) is 1. The first-order valence-electron chi connectivity index (χ1n) is 5.17. The third kappa shape index (κ3) is 3.24. The van der Waals surface area contributed by atoms with Gasteiger partial charge in [-0.2, -0.15) is 0 Å². The van der Waals surface area contributed by atoms with Crippen LogP contribution in [0.5, 0.6) is 0 Å². The summed E-state index contributed by atoms with van der Waals surface area (Å²) in [5, 5.41) is 1.39. The Balaban J connectivity index is 2.22. The largest absolute Gasteiger partial charge is 0.465 e. The molecule has 0 amide bonds. The number of carbonyl (C=O) groups is 1. The molecule has 3 nitrogen and oxygen atoms in total. The Morgan fingerprint density at radius 1 is 1.33 bits per heavy atom. The van der Waals surface area contributed by atoms with Crippen molar-refractivity contribution in [2.75, 3.05) is 7.11 Å². The third-order valence-electron chi connectivity index (χ3n) is 2.17. The maximum absolute atomic E-state index is 11.4. The second kappa shape index (κ2) is 5.89. The summed E-state index contributed by atoms with van der Waals surface area (Å²) in [6, 6.07) is 10.8. The average molecular weight is 280 g/mol. The Morgan fingerprint density at radius 2 is 2.17 bits per heavy atom. The summed E-state index contributed by atoms with van der Waals surface area (Å²) in [6.45, 7) is 0. The van der Waals surface area contributed by atoms with Gasteiger partial charge in [0, 0.05) is 16.1 Å². The molecule has 92 valence electrons. The molecule has 1 heterocycles. The van der Waals surface area contributed by atoms with E-state index in [0.717, 1.165) is 9.92 Å². The molecule has 0 bridgehead atoms. The van der Waals surface area contributed by atoms with Gasteiger partial charge in [0.15, 0.2) is 0 Å². The van der Waals surface area contributed by atoms with E-state index >= 15 is 0 Å². The topological polar surface area (TPSA) is 39.2 Å². The summed E-state index contributed by atoms with van der Waals surface area (Å²) >= 11 is 7.35. The van der Waals surface area contributed by atoms with E-state index in [1.165, 1.54) is 18.9 Å². The quantitative estimate of drug-likeness (QED) is 0.804. The smallest absolute Gasteiger partial charge is 0.337 e. The third-order valence-corrected chi connectivity index (χ3v) is 3.33. The van der Waals surface area contributed by atoms with Gasteiger partial charge in [0.2, 0.25) is 0 Å². The van der Waals surface area contributed by atoms with E-state index in [1.807, 2.05) is 24.3 Å². The first-order valence-corrected chi connectivity index (χ1v) is 6.36. The predicted molar refractivity (Wildman–Crippen MR) is 71.2 cm³/mol. The van der Waals surface area contributed by atoms with Crippen LogP contribution in [0.3, 0.4) is 0 Å². The van der Waals surface area contributed by atoms with E-state index in [0.29, 0.717) is 10.6 Å². The van der Waals surface area contributed by atoms with Gasteiger partial charge in [-0.3, -0.25) is 0 Å². The molecule has 0 saturated carbocycles. The van der Waals surface area contributed by atoms with Crippen LogP contribution in [0.25, 0.3) is 0 Å². The molecule has 0 unspecified atom stereocenters. The van der Waals surface area contributed by atoms with Crippen LogP contribution in [0, 0.1) is 0 Å². The van der Waals surface area contributed by atoms with E-state index in [2.05, 4.69) is 9.72 Å². The molecule has 2 aromatic rings. The van der Waals surface area contributed by atoms with Crippen molar-refractivity contribution in [3.05, 3.63) is 53.2 Å². The molecular formula is C13H10ClNO2S. The molecular weight excluding hydrogens is 270 g/mol. The van der Waals surface area contributed by atoms with Crippen molar-refractivity contribution in [1.82, 2.24) is 4.98 Å². The first kappa shape index (κ1) is 12.9. The van der Waals surface area contributed by atoms with Gasteiger partial charge >= 0.3 is 5.97 Å². The van der Waals surface area contributed by atoms with Crippen molar-refractivity contribution in [2.45, 2.75) is 9.92 Å². The van der Waals surface area contributed by atoms with Gasteiger partial charge in [-0.1, -0.05) is 29.4 Å². The molecule has 0 aliphatic rings. The van der Waals surface area contributed by atoms with Crippen molar-refractivity contribution in [1.29, 1.82) is 0 Å². The molecule has 0 aliphatic heterocycles. The van der Waals surface area contributed by atoms with Gasteiger partial charge in [0.05, 0.1) is 12.7 Å². The minimum absolute atomic E-state index is 0.370. The number of carbonyl (C=O) groups excluding carboxylic acids is 1. The number of halogens is 1. The van der Waals surface area contributed by atoms with Crippen molar-refractivity contribution in [2.24, 2.45) is 0 Å². The molecule has 0 atom stereocenters. The zero-order chi connectivity index (χ0) is 13.0. The number of benzene rings is 1. The molecule has 0 aliphatic carbocycles. The lowest BCUT2D eigenvalue weighted by Crippen LogP contribution is -2.01. The first-order chi connectivity index (χ1) is 8.69. The van der Waals surface area contributed by atoms with Crippen LogP contribution >= 0.6 is 23.4 Å². The number of hydrogen-bond acceptors (Lipinski definition) is 4. The molecule has 0 radical (unpaired) electrons. The number of methoxy groups -OCH3 is 1. The van der Waals surface area contributed by atoms with E-state index in [4.69, 9.17) is 11.6 Å². The Hall–Kier alpha value is -1.52. The minimum Gasteiger partial charge on any atom is -0.465 e. The van der Waals surface area contributed by atoms with Gasteiger partial charge in [-0.25, -0.2) is 9.78 Å². The normalized spacial score (nSPS) is 10.1. The minimum atomic E-state index is -0.370. The van der Waals surface area contributed by atoms with Crippen LogP contribution < -0.4 is 0 Å². The maximum Gasteiger partial charge on any atom is 0.337 e. The fourth-order valence-corrected chi connectivity index (χ4v) is 2.49. The summed E-state index contributed by atoms with van der Waals surface area (Å²) < 4.78 is 4.66. The molecule has 0 saturated heterocycles. The number of aromatic nitrogens is 1. The Labute approximate surface area is 114 Å². The van der Waals surface area contributed by atoms with Gasteiger partial charge in [0.25, 0.3) is 0 Å². The zero-order valence-electron chi connectivity index (χ0n) is 9.59. The molecule has 0 N–H and O–H groups in total. The van der Waals surface area contributed by atoms with Crippen LogP contribution in [0.1, 0.15) is 10.4 Å². The highest BCUT2D eigenvalue weighted by Crippen LogP contribution is 2.28. The van der Waals surface area contributed by atoms with Gasteiger partial charge in [0.1, 0.15) is 5.03 Å². The molecule has 2 rings (SSSR count). The number of esters is 1. The van der Waals surface area contributed by atoms with Crippen molar-refractivity contribution in [3.8, 4) is 0 Å². The predicted octanol–water partition coefficient (Wildman–Crippen LogP) is 3.67. The number of pyridine rings is 1.